The molecule has 2 heterocycles. The summed E-state index contributed by atoms with van der Waals surface area (Å²) in [5.74, 6) is -0.307. The highest BCUT2D eigenvalue weighted by Crippen LogP contribution is 2.27. The number of carbonyl (C=O) groups excluding carboxylic acids is 1. The molecule has 102 valence electrons. The maximum atomic E-state index is 12.2. The fourth-order valence-corrected chi connectivity index (χ4v) is 2.93. The number of fused-ring (bicyclic) bond motifs is 1. The number of nitrogen functional groups attached to an aromatic ring is 1. The van der Waals surface area contributed by atoms with Crippen LogP contribution in [0.4, 0.5) is 10.8 Å². The SMILES string of the molecule is Cc1ccc2nc(NC(=O)c3c(N)cnn3C)sc2c1. The minimum absolute atomic E-state index is 0.307. The first-order valence-electron chi connectivity index (χ1n) is 6.00. The Balaban J connectivity index is 1.91. The highest BCUT2D eigenvalue weighted by Gasteiger charge is 2.16. The van der Waals surface area contributed by atoms with Crippen molar-refractivity contribution in [3.63, 3.8) is 0 Å². The largest absolute Gasteiger partial charge is 0.396 e. The number of nitrogens with one attached hydrogen (secondary N) is 1. The van der Waals surface area contributed by atoms with Crippen molar-refractivity contribution < 1.29 is 4.79 Å². The molecule has 0 bridgehead atoms. The number of amides is 1. The van der Waals surface area contributed by atoms with Crippen LogP contribution in [0.3, 0.4) is 0 Å². The number of carbonyl (C=O) groups is 1. The lowest BCUT2D eigenvalue weighted by atomic mass is 10.2. The molecule has 0 aliphatic heterocycles. The minimum atomic E-state index is -0.307. The minimum Gasteiger partial charge on any atom is -0.396 e. The Bertz CT molecular complexity index is 785. The average molecular weight is 287 g/mol. The monoisotopic (exact) mass is 287 g/mol. The van der Waals surface area contributed by atoms with Crippen molar-refractivity contribution in [2.75, 3.05) is 11.1 Å². The summed E-state index contributed by atoms with van der Waals surface area (Å²) in [4.78, 5) is 16.6. The van der Waals surface area contributed by atoms with Crippen molar-refractivity contribution in [3.8, 4) is 0 Å². The molecule has 2 aromatic heterocycles. The van der Waals surface area contributed by atoms with Gasteiger partial charge in [0.15, 0.2) is 5.13 Å². The van der Waals surface area contributed by atoms with Crippen molar-refractivity contribution in [1.82, 2.24) is 14.8 Å². The Morgan fingerprint density at radius 2 is 2.25 bits per heavy atom. The lowest BCUT2D eigenvalue weighted by Crippen LogP contribution is -2.17. The molecule has 0 atom stereocenters. The number of nitrogens with zero attached hydrogens (tertiary/aromatic N) is 3. The predicted molar refractivity (Wildman–Crippen MR) is 79.9 cm³/mol. The molecule has 0 saturated carbocycles. The summed E-state index contributed by atoms with van der Waals surface area (Å²) in [6, 6.07) is 5.98. The summed E-state index contributed by atoms with van der Waals surface area (Å²) in [6.45, 7) is 2.02. The van der Waals surface area contributed by atoms with Gasteiger partial charge in [0.25, 0.3) is 5.91 Å². The molecular weight excluding hydrogens is 274 g/mol. The normalized spacial score (nSPS) is 10.9. The van der Waals surface area contributed by atoms with Gasteiger partial charge in [-0.1, -0.05) is 17.4 Å². The summed E-state index contributed by atoms with van der Waals surface area (Å²) >= 11 is 1.44. The van der Waals surface area contributed by atoms with E-state index in [2.05, 4.69) is 15.4 Å². The fourth-order valence-electron chi connectivity index (χ4n) is 1.97. The van der Waals surface area contributed by atoms with E-state index in [4.69, 9.17) is 5.73 Å². The Hall–Kier alpha value is -2.41. The van der Waals surface area contributed by atoms with Crippen molar-refractivity contribution in [2.45, 2.75) is 6.92 Å². The molecule has 20 heavy (non-hydrogen) atoms. The van der Waals surface area contributed by atoms with Crippen LogP contribution in [0, 0.1) is 6.92 Å². The molecule has 1 amide bonds. The van der Waals surface area contributed by atoms with Crippen LogP contribution in [0.1, 0.15) is 16.1 Å². The van der Waals surface area contributed by atoms with E-state index in [1.54, 1.807) is 7.05 Å². The molecule has 3 aromatic rings. The van der Waals surface area contributed by atoms with E-state index < -0.39 is 0 Å². The lowest BCUT2D eigenvalue weighted by Gasteiger charge is -2.02. The first-order valence-corrected chi connectivity index (χ1v) is 6.82. The van der Waals surface area contributed by atoms with Gasteiger partial charge in [0, 0.05) is 7.05 Å². The van der Waals surface area contributed by atoms with Crippen LogP contribution in [0.25, 0.3) is 10.2 Å². The van der Waals surface area contributed by atoms with Crippen LogP contribution < -0.4 is 11.1 Å². The smallest absolute Gasteiger partial charge is 0.277 e. The number of aromatic nitrogens is 3. The number of benzene rings is 1. The van der Waals surface area contributed by atoms with Crippen LogP contribution in [0.5, 0.6) is 0 Å². The molecule has 0 aliphatic carbocycles. The van der Waals surface area contributed by atoms with E-state index >= 15 is 0 Å². The van der Waals surface area contributed by atoms with Crippen molar-refractivity contribution in [1.29, 1.82) is 0 Å². The second-order valence-corrected chi connectivity index (χ2v) is 5.55. The maximum absolute atomic E-state index is 12.2. The Kier molecular flexibility index (Phi) is 2.90. The standard InChI is InChI=1S/C13H13N5OS/c1-7-3-4-9-10(5-7)20-13(16-9)17-12(19)11-8(14)6-15-18(11)2/h3-6H,14H2,1-2H3,(H,16,17,19). The van der Waals surface area contributed by atoms with E-state index in [1.807, 2.05) is 25.1 Å². The van der Waals surface area contributed by atoms with Gasteiger partial charge in [-0.3, -0.25) is 14.8 Å². The van der Waals surface area contributed by atoms with Gasteiger partial charge in [-0.15, -0.1) is 0 Å². The fraction of sp³-hybridized carbons (Fsp3) is 0.154. The van der Waals surface area contributed by atoms with Crippen LogP contribution in [0.15, 0.2) is 24.4 Å². The van der Waals surface area contributed by atoms with Crippen LogP contribution in [0.2, 0.25) is 0 Å². The number of thiazole rings is 1. The second-order valence-electron chi connectivity index (χ2n) is 4.52. The Labute approximate surface area is 119 Å². The van der Waals surface area contributed by atoms with Crippen molar-refractivity contribution in [2.24, 2.45) is 7.05 Å². The number of nitrogens with two attached hydrogens (primary N) is 1. The van der Waals surface area contributed by atoms with E-state index in [0.717, 1.165) is 15.8 Å². The highest BCUT2D eigenvalue weighted by molar-refractivity contribution is 7.22. The van der Waals surface area contributed by atoms with Gasteiger partial charge in [-0.2, -0.15) is 5.10 Å². The van der Waals surface area contributed by atoms with Crippen LogP contribution >= 0.6 is 11.3 Å². The van der Waals surface area contributed by atoms with Crippen LogP contribution in [-0.4, -0.2) is 20.7 Å². The van der Waals surface area contributed by atoms with E-state index in [9.17, 15) is 4.79 Å². The lowest BCUT2D eigenvalue weighted by molar-refractivity contribution is 0.101. The predicted octanol–water partition coefficient (Wildman–Crippen LogP) is 2.17. The maximum Gasteiger partial charge on any atom is 0.277 e. The van der Waals surface area contributed by atoms with E-state index in [-0.39, 0.29) is 5.91 Å². The molecule has 0 saturated heterocycles. The first-order chi connectivity index (χ1) is 9.54. The van der Waals surface area contributed by atoms with Gasteiger partial charge in [-0.05, 0) is 24.6 Å². The third-order valence-corrected chi connectivity index (χ3v) is 3.88. The van der Waals surface area contributed by atoms with E-state index in [1.165, 1.54) is 22.2 Å². The Morgan fingerprint density at radius 1 is 1.45 bits per heavy atom. The molecule has 1 aromatic carbocycles. The van der Waals surface area contributed by atoms with Crippen molar-refractivity contribution in [3.05, 3.63) is 35.7 Å². The third-order valence-electron chi connectivity index (χ3n) is 2.95. The summed E-state index contributed by atoms with van der Waals surface area (Å²) < 4.78 is 2.49. The molecule has 0 aliphatic rings. The zero-order valence-electron chi connectivity index (χ0n) is 11.0. The number of hydrogen-bond donors (Lipinski definition) is 2. The van der Waals surface area contributed by atoms with Gasteiger partial charge in [0.1, 0.15) is 5.69 Å². The van der Waals surface area contributed by atoms with Crippen molar-refractivity contribution >= 4 is 38.3 Å². The first kappa shape index (κ1) is 12.6. The molecule has 0 unspecified atom stereocenters. The molecule has 3 rings (SSSR count). The molecular formula is C13H13N5OS. The molecule has 6 nitrogen and oxygen atoms in total. The highest BCUT2D eigenvalue weighted by atomic mass is 32.1. The van der Waals surface area contributed by atoms with Gasteiger partial charge in [0.2, 0.25) is 0 Å². The van der Waals surface area contributed by atoms with E-state index in [0.29, 0.717) is 16.5 Å². The zero-order valence-corrected chi connectivity index (χ0v) is 11.9. The van der Waals surface area contributed by atoms with Gasteiger partial charge in [-0.25, -0.2) is 4.98 Å². The second kappa shape index (κ2) is 4.61. The molecule has 7 heteroatoms. The summed E-state index contributed by atoms with van der Waals surface area (Å²) in [5, 5.41) is 7.26. The number of hydrogen-bond acceptors (Lipinski definition) is 5. The third kappa shape index (κ3) is 2.12. The van der Waals surface area contributed by atoms with Gasteiger partial charge >= 0.3 is 0 Å². The van der Waals surface area contributed by atoms with Gasteiger partial charge in [0.05, 0.1) is 22.1 Å². The zero-order chi connectivity index (χ0) is 14.3. The Morgan fingerprint density at radius 3 is 2.95 bits per heavy atom. The molecule has 0 radical (unpaired) electrons. The van der Waals surface area contributed by atoms with Gasteiger partial charge < -0.3 is 5.73 Å². The molecule has 0 spiro atoms. The number of aryl methyl sites for hydroxylation is 2. The topological polar surface area (TPSA) is 85.8 Å². The number of anilines is 2. The summed E-state index contributed by atoms with van der Waals surface area (Å²) in [5.41, 5.74) is 8.44. The molecule has 3 N–H and O–H groups in total. The average Bonchev–Trinajstić information content (AvgIpc) is 2.92. The quantitative estimate of drug-likeness (QED) is 0.756. The van der Waals surface area contributed by atoms with Crippen LogP contribution in [-0.2, 0) is 7.05 Å². The molecule has 0 fully saturated rings. The summed E-state index contributed by atoms with van der Waals surface area (Å²) in [7, 11) is 1.67. The summed E-state index contributed by atoms with van der Waals surface area (Å²) in [6.07, 6.45) is 1.45. The number of rotatable bonds is 2.